The molecule has 2 rings (SSSR count). The van der Waals surface area contributed by atoms with E-state index in [1.165, 1.54) is 18.5 Å². The summed E-state index contributed by atoms with van der Waals surface area (Å²) in [5.74, 6) is 0. The number of rotatable bonds is 5. The van der Waals surface area contributed by atoms with E-state index in [4.69, 9.17) is 11.6 Å². The quantitative estimate of drug-likeness (QED) is 0.886. The molecule has 2 aromatic rings. The second-order valence-corrected chi connectivity index (χ2v) is 5.62. The minimum Gasteiger partial charge on any atom is -0.271 e. The summed E-state index contributed by atoms with van der Waals surface area (Å²) in [7, 11) is -3.63. The van der Waals surface area contributed by atoms with Gasteiger partial charge in [0, 0.05) is 31.3 Å². The van der Waals surface area contributed by atoms with Gasteiger partial charge in [-0.2, -0.15) is 5.10 Å². The summed E-state index contributed by atoms with van der Waals surface area (Å²) in [6.45, 7) is 0.680. The predicted molar refractivity (Wildman–Crippen MR) is 66.7 cm³/mol. The molecule has 0 saturated carbocycles. The average Bonchev–Trinajstić information content (AvgIpc) is 2.82. The van der Waals surface area contributed by atoms with Gasteiger partial charge in [-0.05, 0) is 12.1 Å². The molecule has 2 heterocycles. The van der Waals surface area contributed by atoms with Gasteiger partial charge in [0.1, 0.15) is 4.90 Å². The van der Waals surface area contributed by atoms with Gasteiger partial charge < -0.3 is 0 Å². The first-order chi connectivity index (χ1) is 8.59. The molecule has 2 aromatic heterocycles. The minimum atomic E-state index is -3.63. The summed E-state index contributed by atoms with van der Waals surface area (Å²) in [6.07, 6.45) is 6.04. The average molecular weight is 287 g/mol. The smallest absolute Gasteiger partial charge is 0.243 e. The van der Waals surface area contributed by atoms with E-state index in [0.29, 0.717) is 6.54 Å². The highest BCUT2D eigenvalue weighted by molar-refractivity contribution is 7.89. The molecule has 96 valence electrons. The van der Waals surface area contributed by atoms with Gasteiger partial charge in [-0.15, -0.1) is 0 Å². The van der Waals surface area contributed by atoms with E-state index < -0.39 is 10.0 Å². The Morgan fingerprint density at radius 1 is 1.39 bits per heavy atom. The maximum atomic E-state index is 11.9. The lowest BCUT2D eigenvalue weighted by molar-refractivity contribution is 0.560. The van der Waals surface area contributed by atoms with E-state index in [0.717, 1.165) is 0 Å². The van der Waals surface area contributed by atoms with E-state index in [1.807, 2.05) is 0 Å². The van der Waals surface area contributed by atoms with Gasteiger partial charge in [-0.1, -0.05) is 11.6 Å². The second kappa shape index (κ2) is 5.47. The summed E-state index contributed by atoms with van der Waals surface area (Å²) in [5.41, 5.74) is 0. The molecule has 0 atom stereocenters. The van der Waals surface area contributed by atoms with Crippen molar-refractivity contribution in [3.05, 3.63) is 41.9 Å². The summed E-state index contributed by atoms with van der Waals surface area (Å²) in [4.78, 5) is 3.73. The van der Waals surface area contributed by atoms with Crippen molar-refractivity contribution < 1.29 is 8.42 Å². The lowest BCUT2D eigenvalue weighted by atomic mass is 10.5. The van der Waals surface area contributed by atoms with E-state index in [1.54, 1.807) is 23.1 Å². The molecule has 0 bridgehead atoms. The fraction of sp³-hybridized carbons (Fsp3) is 0.200. The Hall–Kier alpha value is -1.44. The van der Waals surface area contributed by atoms with E-state index in [2.05, 4.69) is 14.8 Å². The molecule has 0 aliphatic carbocycles. The Kier molecular flexibility index (Phi) is 3.95. The molecule has 0 saturated heterocycles. The van der Waals surface area contributed by atoms with Crippen LogP contribution in [-0.4, -0.2) is 29.7 Å². The number of pyridine rings is 1. The standard InChI is InChI=1S/C10H11ClN4O2S/c11-9-2-4-12-8-10(9)18(16,17)14-5-7-15-6-1-3-13-15/h1-4,6,8,14H,5,7H2. The molecule has 0 aliphatic rings. The van der Waals surface area contributed by atoms with Crippen molar-refractivity contribution in [1.82, 2.24) is 19.5 Å². The molecule has 1 N–H and O–H groups in total. The molecule has 0 radical (unpaired) electrons. The number of aromatic nitrogens is 3. The van der Waals surface area contributed by atoms with Crippen LogP contribution in [0.1, 0.15) is 0 Å². The van der Waals surface area contributed by atoms with Crippen LogP contribution in [-0.2, 0) is 16.6 Å². The highest BCUT2D eigenvalue weighted by Crippen LogP contribution is 2.18. The number of hydrogen-bond acceptors (Lipinski definition) is 4. The van der Waals surface area contributed by atoms with Gasteiger partial charge in [0.15, 0.2) is 0 Å². The van der Waals surface area contributed by atoms with Crippen LogP contribution in [0.15, 0.2) is 41.8 Å². The maximum absolute atomic E-state index is 11.9. The zero-order chi connectivity index (χ0) is 13.0. The van der Waals surface area contributed by atoms with Gasteiger partial charge in [0.25, 0.3) is 0 Å². The Morgan fingerprint density at radius 2 is 2.22 bits per heavy atom. The van der Waals surface area contributed by atoms with Crippen LogP contribution < -0.4 is 4.72 Å². The largest absolute Gasteiger partial charge is 0.271 e. The molecular weight excluding hydrogens is 276 g/mol. The molecule has 0 aliphatic heterocycles. The number of sulfonamides is 1. The Labute approximate surface area is 110 Å². The summed E-state index contributed by atoms with van der Waals surface area (Å²) < 4.78 is 27.9. The summed E-state index contributed by atoms with van der Waals surface area (Å²) >= 11 is 5.81. The van der Waals surface area contributed by atoms with Crippen molar-refractivity contribution in [2.45, 2.75) is 11.4 Å². The highest BCUT2D eigenvalue weighted by atomic mass is 35.5. The van der Waals surface area contributed by atoms with E-state index >= 15 is 0 Å². The van der Waals surface area contributed by atoms with Gasteiger partial charge in [-0.3, -0.25) is 9.67 Å². The number of halogens is 1. The van der Waals surface area contributed by atoms with Crippen LogP contribution in [0.2, 0.25) is 5.02 Å². The molecular formula is C10H11ClN4O2S. The van der Waals surface area contributed by atoms with Crippen LogP contribution in [0.3, 0.4) is 0 Å². The van der Waals surface area contributed by atoms with Crippen LogP contribution in [0.5, 0.6) is 0 Å². The first kappa shape index (κ1) is 13.0. The molecule has 0 fully saturated rings. The van der Waals surface area contributed by atoms with Crippen molar-refractivity contribution in [2.24, 2.45) is 0 Å². The fourth-order valence-electron chi connectivity index (χ4n) is 1.37. The molecule has 0 spiro atoms. The third-order valence-electron chi connectivity index (χ3n) is 2.22. The van der Waals surface area contributed by atoms with Crippen molar-refractivity contribution >= 4 is 21.6 Å². The number of hydrogen-bond donors (Lipinski definition) is 1. The van der Waals surface area contributed by atoms with Gasteiger partial charge in [0.05, 0.1) is 11.6 Å². The number of nitrogens with zero attached hydrogens (tertiary/aromatic N) is 3. The molecule has 0 aromatic carbocycles. The maximum Gasteiger partial charge on any atom is 0.243 e. The molecule has 8 heteroatoms. The molecule has 0 amide bonds. The Morgan fingerprint density at radius 3 is 2.89 bits per heavy atom. The van der Waals surface area contributed by atoms with E-state index in [-0.39, 0.29) is 16.5 Å². The first-order valence-electron chi connectivity index (χ1n) is 5.16. The number of nitrogens with one attached hydrogen (secondary N) is 1. The zero-order valence-electron chi connectivity index (χ0n) is 9.32. The van der Waals surface area contributed by atoms with Crippen LogP contribution in [0.4, 0.5) is 0 Å². The lowest BCUT2D eigenvalue weighted by Crippen LogP contribution is -2.27. The first-order valence-corrected chi connectivity index (χ1v) is 7.02. The van der Waals surface area contributed by atoms with E-state index in [9.17, 15) is 8.42 Å². The monoisotopic (exact) mass is 286 g/mol. The van der Waals surface area contributed by atoms with Crippen molar-refractivity contribution in [2.75, 3.05) is 6.54 Å². The molecule has 0 unspecified atom stereocenters. The highest BCUT2D eigenvalue weighted by Gasteiger charge is 2.17. The lowest BCUT2D eigenvalue weighted by Gasteiger charge is -2.07. The second-order valence-electron chi connectivity index (χ2n) is 3.47. The fourth-order valence-corrected chi connectivity index (χ4v) is 2.82. The molecule has 6 nitrogen and oxygen atoms in total. The zero-order valence-corrected chi connectivity index (χ0v) is 10.9. The Balaban J connectivity index is 2.02. The minimum absolute atomic E-state index is 0.0212. The van der Waals surface area contributed by atoms with Crippen LogP contribution >= 0.6 is 11.6 Å². The third-order valence-corrected chi connectivity index (χ3v) is 4.15. The topological polar surface area (TPSA) is 76.9 Å². The van der Waals surface area contributed by atoms with Gasteiger partial charge >= 0.3 is 0 Å². The summed E-state index contributed by atoms with van der Waals surface area (Å²) in [6, 6.07) is 3.20. The van der Waals surface area contributed by atoms with Crippen LogP contribution in [0.25, 0.3) is 0 Å². The third kappa shape index (κ3) is 3.06. The van der Waals surface area contributed by atoms with Crippen LogP contribution in [0, 0.1) is 0 Å². The van der Waals surface area contributed by atoms with Gasteiger partial charge in [-0.25, -0.2) is 13.1 Å². The van der Waals surface area contributed by atoms with Crippen molar-refractivity contribution in [1.29, 1.82) is 0 Å². The predicted octanol–water partition coefficient (Wildman–Crippen LogP) is 0.910. The Bertz CT molecular complexity index is 613. The normalized spacial score (nSPS) is 11.6. The summed E-state index contributed by atoms with van der Waals surface area (Å²) in [5, 5.41) is 4.12. The van der Waals surface area contributed by atoms with Gasteiger partial charge in [0.2, 0.25) is 10.0 Å². The molecule has 18 heavy (non-hydrogen) atoms. The van der Waals surface area contributed by atoms with Crippen molar-refractivity contribution in [3.8, 4) is 0 Å². The van der Waals surface area contributed by atoms with Crippen molar-refractivity contribution in [3.63, 3.8) is 0 Å². The SMILES string of the molecule is O=S(=O)(NCCn1cccn1)c1cnccc1Cl.